The van der Waals surface area contributed by atoms with Crippen LogP contribution in [0.15, 0.2) is 18.2 Å². The van der Waals surface area contributed by atoms with Gasteiger partial charge in [-0.15, -0.1) is 0 Å². The lowest BCUT2D eigenvalue weighted by atomic mass is 10.3. The molecule has 0 bridgehead atoms. The lowest BCUT2D eigenvalue weighted by Crippen LogP contribution is -2.31. The van der Waals surface area contributed by atoms with Gasteiger partial charge >= 0.3 is 0 Å². The molecule has 0 fully saturated rings. The summed E-state index contributed by atoms with van der Waals surface area (Å²) < 4.78 is 31.0. The molecule has 0 aliphatic carbocycles. The second-order valence-corrected chi connectivity index (χ2v) is 6.05. The molecule has 1 atom stereocenters. The minimum atomic E-state index is -3.53. The van der Waals surface area contributed by atoms with Crippen molar-refractivity contribution in [3.05, 3.63) is 23.2 Å². The number of halogens is 1. The molecule has 0 amide bonds. The molecule has 0 spiro atoms. The fourth-order valence-electron chi connectivity index (χ4n) is 1.09. The summed E-state index contributed by atoms with van der Waals surface area (Å²) in [5.74, 6) is 0.521. The highest BCUT2D eigenvalue weighted by molar-refractivity contribution is 7.93. The van der Waals surface area contributed by atoms with Gasteiger partial charge in [-0.3, -0.25) is 4.72 Å². The van der Waals surface area contributed by atoms with Crippen LogP contribution in [0.3, 0.4) is 0 Å². The van der Waals surface area contributed by atoms with Gasteiger partial charge in [0.2, 0.25) is 10.0 Å². The van der Waals surface area contributed by atoms with Crippen molar-refractivity contribution in [3.63, 3.8) is 0 Å². The first kappa shape index (κ1) is 14.1. The first-order valence-corrected chi connectivity index (χ1v) is 6.88. The van der Waals surface area contributed by atoms with Crippen molar-refractivity contribution in [2.45, 2.75) is 12.2 Å². The molecule has 1 aromatic rings. The molecule has 17 heavy (non-hydrogen) atoms. The normalized spacial score (nSPS) is 13.2. The summed E-state index contributed by atoms with van der Waals surface area (Å²) in [5, 5.41) is -0.386. The summed E-state index contributed by atoms with van der Waals surface area (Å²) in [6.45, 7) is 1.56. The van der Waals surface area contributed by atoms with Crippen LogP contribution in [0.1, 0.15) is 6.92 Å². The molecule has 0 saturated heterocycles. The van der Waals surface area contributed by atoms with Gasteiger partial charge in [-0.1, -0.05) is 11.6 Å². The van der Waals surface area contributed by atoms with Gasteiger partial charge in [-0.2, -0.15) is 0 Å². The van der Waals surface area contributed by atoms with Gasteiger partial charge < -0.3 is 10.5 Å². The molecule has 1 aromatic carbocycles. The third kappa shape index (κ3) is 3.49. The maximum atomic E-state index is 11.8. The van der Waals surface area contributed by atoms with Gasteiger partial charge in [0.25, 0.3) is 0 Å². The quantitative estimate of drug-likeness (QED) is 0.854. The summed E-state index contributed by atoms with van der Waals surface area (Å²) in [4.78, 5) is 0. The van der Waals surface area contributed by atoms with Crippen LogP contribution in [-0.4, -0.2) is 27.3 Å². The molecule has 5 nitrogen and oxygen atoms in total. The van der Waals surface area contributed by atoms with Crippen LogP contribution < -0.4 is 15.2 Å². The van der Waals surface area contributed by atoms with Gasteiger partial charge in [0.1, 0.15) is 5.75 Å². The van der Waals surface area contributed by atoms with E-state index in [0.717, 1.165) is 0 Å². The van der Waals surface area contributed by atoms with Gasteiger partial charge in [-0.05, 0) is 19.1 Å². The van der Waals surface area contributed by atoms with E-state index in [1.807, 2.05) is 0 Å². The molecule has 96 valence electrons. The zero-order valence-corrected chi connectivity index (χ0v) is 11.2. The predicted molar refractivity (Wildman–Crippen MR) is 69.1 cm³/mol. The topological polar surface area (TPSA) is 81.4 Å². The third-order valence-electron chi connectivity index (χ3n) is 2.29. The summed E-state index contributed by atoms with van der Waals surface area (Å²) in [6, 6.07) is 4.72. The minimum absolute atomic E-state index is 0.0386. The van der Waals surface area contributed by atoms with Gasteiger partial charge in [-0.25, -0.2) is 8.42 Å². The highest BCUT2D eigenvalue weighted by Crippen LogP contribution is 2.27. The van der Waals surface area contributed by atoms with Crippen LogP contribution in [0.4, 0.5) is 5.69 Å². The average molecular weight is 279 g/mol. The van der Waals surface area contributed by atoms with E-state index in [1.165, 1.54) is 20.1 Å². The van der Waals surface area contributed by atoms with E-state index in [2.05, 4.69) is 4.72 Å². The number of rotatable bonds is 5. The zero-order chi connectivity index (χ0) is 13.1. The Morgan fingerprint density at radius 1 is 1.53 bits per heavy atom. The van der Waals surface area contributed by atoms with E-state index >= 15 is 0 Å². The Morgan fingerprint density at radius 3 is 2.71 bits per heavy atom. The monoisotopic (exact) mass is 278 g/mol. The molecular weight excluding hydrogens is 264 g/mol. The third-order valence-corrected chi connectivity index (χ3v) is 4.37. The Bertz CT molecular complexity index is 490. The lowest BCUT2D eigenvalue weighted by molar-refractivity contribution is 0.415. The van der Waals surface area contributed by atoms with Crippen molar-refractivity contribution < 1.29 is 13.2 Å². The number of nitrogens with one attached hydrogen (secondary N) is 1. The Kier molecular flexibility index (Phi) is 4.62. The van der Waals surface area contributed by atoms with Crippen molar-refractivity contribution in [2.24, 2.45) is 5.73 Å². The number of benzene rings is 1. The Morgan fingerprint density at radius 2 is 2.18 bits per heavy atom. The summed E-state index contributed by atoms with van der Waals surface area (Å²) >= 11 is 5.89. The van der Waals surface area contributed by atoms with Crippen molar-refractivity contribution in [2.75, 3.05) is 18.4 Å². The standard InChI is InChI=1S/C10H15ClN2O3S/c1-7(6-12)17(14,15)13-10-5-8(16-2)3-4-9(10)11/h3-5,7,13H,6,12H2,1-2H3. The molecule has 0 heterocycles. The van der Waals surface area contributed by atoms with E-state index in [9.17, 15) is 8.42 Å². The second kappa shape index (κ2) is 5.57. The zero-order valence-electron chi connectivity index (χ0n) is 9.60. The van der Waals surface area contributed by atoms with Crippen LogP contribution in [0, 0.1) is 0 Å². The lowest BCUT2D eigenvalue weighted by Gasteiger charge is -2.14. The summed E-state index contributed by atoms with van der Waals surface area (Å²) in [6.07, 6.45) is 0. The smallest absolute Gasteiger partial charge is 0.236 e. The largest absolute Gasteiger partial charge is 0.497 e. The first-order chi connectivity index (χ1) is 7.90. The van der Waals surface area contributed by atoms with E-state index < -0.39 is 15.3 Å². The van der Waals surface area contributed by atoms with E-state index in [0.29, 0.717) is 10.8 Å². The number of hydrogen-bond donors (Lipinski definition) is 2. The first-order valence-electron chi connectivity index (χ1n) is 4.96. The Balaban J connectivity index is 3.02. The predicted octanol–water partition coefficient (Wildman–Crippen LogP) is 1.44. The van der Waals surface area contributed by atoms with Crippen molar-refractivity contribution >= 4 is 27.3 Å². The molecule has 1 rings (SSSR count). The Hall–Kier alpha value is -0.980. The maximum absolute atomic E-state index is 11.8. The van der Waals surface area contributed by atoms with Crippen LogP contribution in [0.25, 0.3) is 0 Å². The molecule has 0 saturated carbocycles. The van der Waals surface area contributed by atoms with Crippen molar-refractivity contribution in [1.82, 2.24) is 0 Å². The molecule has 0 aliphatic rings. The SMILES string of the molecule is COc1ccc(Cl)c(NS(=O)(=O)C(C)CN)c1. The van der Waals surface area contributed by atoms with Gasteiger partial charge in [0.05, 0.1) is 23.1 Å². The van der Waals surface area contributed by atoms with E-state index in [4.69, 9.17) is 22.1 Å². The van der Waals surface area contributed by atoms with E-state index in [1.54, 1.807) is 12.1 Å². The fourth-order valence-corrected chi connectivity index (χ4v) is 2.24. The number of nitrogens with two attached hydrogens (primary N) is 1. The molecule has 1 unspecified atom stereocenters. The molecule has 0 aromatic heterocycles. The highest BCUT2D eigenvalue weighted by atomic mass is 35.5. The van der Waals surface area contributed by atoms with Crippen LogP contribution >= 0.6 is 11.6 Å². The maximum Gasteiger partial charge on any atom is 0.236 e. The number of methoxy groups -OCH3 is 1. The average Bonchev–Trinajstić information content (AvgIpc) is 2.30. The molecule has 3 N–H and O–H groups in total. The molecule has 0 aliphatic heterocycles. The van der Waals surface area contributed by atoms with Crippen LogP contribution in [0.5, 0.6) is 5.75 Å². The molecular formula is C10H15ClN2O3S. The molecule has 7 heteroatoms. The summed E-state index contributed by atoms with van der Waals surface area (Å²) in [7, 11) is -2.04. The number of sulfonamides is 1. The molecule has 0 radical (unpaired) electrons. The van der Waals surface area contributed by atoms with Crippen LogP contribution in [-0.2, 0) is 10.0 Å². The van der Waals surface area contributed by atoms with E-state index in [-0.39, 0.29) is 12.2 Å². The number of ether oxygens (including phenoxy) is 1. The highest BCUT2D eigenvalue weighted by Gasteiger charge is 2.20. The van der Waals surface area contributed by atoms with Gasteiger partial charge in [0, 0.05) is 12.6 Å². The Labute approximate surface area is 106 Å². The van der Waals surface area contributed by atoms with Crippen molar-refractivity contribution in [1.29, 1.82) is 0 Å². The minimum Gasteiger partial charge on any atom is -0.497 e. The van der Waals surface area contributed by atoms with Crippen LogP contribution in [0.2, 0.25) is 5.02 Å². The number of anilines is 1. The summed E-state index contributed by atoms with van der Waals surface area (Å²) in [5.41, 5.74) is 5.61. The second-order valence-electron chi connectivity index (χ2n) is 3.54. The van der Waals surface area contributed by atoms with Crippen molar-refractivity contribution in [3.8, 4) is 5.75 Å². The van der Waals surface area contributed by atoms with Gasteiger partial charge in [0.15, 0.2) is 0 Å². The fraction of sp³-hybridized carbons (Fsp3) is 0.400. The number of hydrogen-bond acceptors (Lipinski definition) is 4.